The van der Waals surface area contributed by atoms with E-state index in [1.807, 2.05) is 19.1 Å². The molecule has 5 atom stereocenters. The molecular formula is C24H28O8. The summed E-state index contributed by atoms with van der Waals surface area (Å²) < 4.78 is 34.4. The smallest absolute Gasteiger partial charge is 0.338 e. The molecule has 0 radical (unpaired) electrons. The van der Waals surface area contributed by atoms with Crippen LogP contribution in [0.1, 0.15) is 29.8 Å². The molecule has 4 rings (SSSR count). The van der Waals surface area contributed by atoms with Crippen molar-refractivity contribution in [3.05, 3.63) is 59.7 Å². The number of fused-ring (bicyclic) bond motifs is 1. The highest BCUT2D eigenvalue weighted by molar-refractivity contribution is 5.89. The summed E-state index contributed by atoms with van der Waals surface area (Å²) in [5, 5.41) is 10.8. The normalized spacial score (nSPS) is 28.6. The van der Waals surface area contributed by atoms with E-state index in [0.29, 0.717) is 17.1 Å². The Hall–Kier alpha value is -2.65. The molecular weight excluding hydrogens is 416 g/mol. The third kappa shape index (κ3) is 4.88. The van der Waals surface area contributed by atoms with Crippen LogP contribution in [0.4, 0.5) is 0 Å². The van der Waals surface area contributed by atoms with Gasteiger partial charge in [0, 0.05) is 0 Å². The van der Waals surface area contributed by atoms with Crippen LogP contribution in [0.2, 0.25) is 0 Å². The lowest BCUT2D eigenvalue weighted by molar-refractivity contribution is -0.254. The van der Waals surface area contributed by atoms with Gasteiger partial charge in [0.1, 0.15) is 42.5 Å². The summed E-state index contributed by atoms with van der Waals surface area (Å²) in [6.07, 6.45) is -4.16. The summed E-state index contributed by atoms with van der Waals surface area (Å²) in [5.41, 5.74) is 1.49. The van der Waals surface area contributed by atoms with Gasteiger partial charge < -0.3 is 33.5 Å². The summed E-state index contributed by atoms with van der Waals surface area (Å²) in [7, 11) is 1.58. The fourth-order valence-electron chi connectivity index (χ4n) is 3.80. The van der Waals surface area contributed by atoms with Gasteiger partial charge in [0.2, 0.25) is 6.29 Å². The molecule has 0 aliphatic carbocycles. The van der Waals surface area contributed by atoms with Crippen molar-refractivity contribution in [2.45, 2.75) is 57.3 Å². The maximum Gasteiger partial charge on any atom is 0.338 e. The predicted octanol–water partition coefficient (Wildman–Crippen LogP) is 2.85. The second-order valence-electron chi connectivity index (χ2n) is 8.36. The SMILES string of the molecule is COc1ccc(O[C@H]2O[C@@H](COC(=O)c3ccc(C)cc3)[C@H]3OC(C)(C)O[C@H]3[C@@H]2O)cc1. The van der Waals surface area contributed by atoms with Crippen molar-refractivity contribution < 1.29 is 38.3 Å². The Bertz CT molecular complexity index is 924. The first-order chi connectivity index (χ1) is 15.3. The van der Waals surface area contributed by atoms with Gasteiger partial charge in [0.05, 0.1) is 12.7 Å². The minimum atomic E-state index is -1.10. The maximum absolute atomic E-state index is 12.5. The van der Waals surface area contributed by atoms with Gasteiger partial charge in [-0.1, -0.05) is 17.7 Å². The van der Waals surface area contributed by atoms with Gasteiger partial charge in [-0.3, -0.25) is 0 Å². The van der Waals surface area contributed by atoms with Crippen LogP contribution in [0.5, 0.6) is 11.5 Å². The number of hydrogen-bond acceptors (Lipinski definition) is 8. The zero-order chi connectivity index (χ0) is 22.9. The van der Waals surface area contributed by atoms with E-state index in [1.54, 1.807) is 57.4 Å². The average Bonchev–Trinajstić information content (AvgIpc) is 3.11. The molecule has 2 aromatic carbocycles. The van der Waals surface area contributed by atoms with E-state index in [4.69, 9.17) is 28.4 Å². The summed E-state index contributed by atoms with van der Waals surface area (Å²) in [5.74, 6) is -0.227. The zero-order valence-electron chi connectivity index (χ0n) is 18.5. The molecule has 0 bridgehead atoms. The first-order valence-corrected chi connectivity index (χ1v) is 10.5. The van der Waals surface area contributed by atoms with Crippen LogP contribution >= 0.6 is 0 Å². The molecule has 0 aromatic heterocycles. The molecule has 2 aliphatic rings. The fraction of sp³-hybridized carbons (Fsp3) is 0.458. The molecule has 8 heteroatoms. The highest BCUT2D eigenvalue weighted by Gasteiger charge is 2.56. The van der Waals surface area contributed by atoms with Gasteiger partial charge in [-0.15, -0.1) is 0 Å². The highest BCUT2D eigenvalue weighted by Crippen LogP contribution is 2.38. The van der Waals surface area contributed by atoms with Crippen LogP contribution in [0.3, 0.4) is 0 Å². The van der Waals surface area contributed by atoms with Crippen molar-refractivity contribution in [2.75, 3.05) is 13.7 Å². The number of carbonyl (C=O) groups excluding carboxylic acids is 1. The average molecular weight is 444 g/mol. The van der Waals surface area contributed by atoms with Crippen molar-refractivity contribution in [3.8, 4) is 11.5 Å². The first-order valence-electron chi connectivity index (χ1n) is 10.5. The van der Waals surface area contributed by atoms with E-state index in [1.165, 1.54) is 0 Å². The lowest BCUT2D eigenvalue weighted by Crippen LogP contribution is -2.59. The quantitative estimate of drug-likeness (QED) is 0.680. The topological polar surface area (TPSA) is 92.7 Å². The minimum Gasteiger partial charge on any atom is -0.497 e. The van der Waals surface area contributed by atoms with Crippen LogP contribution in [-0.2, 0) is 18.9 Å². The van der Waals surface area contributed by atoms with Crippen LogP contribution in [0.15, 0.2) is 48.5 Å². The maximum atomic E-state index is 12.5. The first kappa shape index (κ1) is 22.5. The van der Waals surface area contributed by atoms with Crippen molar-refractivity contribution in [1.29, 1.82) is 0 Å². The molecule has 32 heavy (non-hydrogen) atoms. The lowest BCUT2D eigenvalue weighted by Gasteiger charge is -2.39. The number of benzene rings is 2. The predicted molar refractivity (Wildman–Crippen MR) is 114 cm³/mol. The van der Waals surface area contributed by atoms with Crippen LogP contribution in [0.25, 0.3) is 0 Å². The van der Waals surface area contributed by atoms with E-state index < -0.39 is 42.5 Å². The Morgan fingerprint density at radius 3 is 2.28 bits per heavy atom. The molecule has 0 saturated carbocycles. The van der Waals surface area contributed by atoms with E-state index in [0.717, 1.165) is 5.56 Å². The standard InChI is InChI=1S/C24H28O8/c1-14-5-7-15(8-6-14)22(26)28-13-18-20-21(32-24(2,3)31-20)19(25)23(30-18)29-17-11-9-16(27-4)10-12-17/h5-12,18-21,23,25H,13H2,1-4H3/t18-,19-,20+,21-,23-/m0/s1. The number of methoxy groups -OCH3 is 1. The summed E-state index contributed by atoms with van der Waals surface area (Å²) >= 11 is 0. The molecule has 8 nitrogen and oxygen atoms in total. The largest absolute Gasteiger partial charge is 0.497 e. The highest BCUT2D eigenvalue weighted by atomic mass is 16.8. The number of esters is 1. The van der Waals surface area contributed by atoms with E-state index in [9.17, 15) is 9.90 Å². The van der Waals surface area contributed by atoms with E-state index >= 15 is 0 Å². The Balaban J connectivity index is 1.47. The number of aliphatic hydroxyl groups is 1. The number of hydrogen-bond donors (Lipinski definition) is 1. The monoisotopic (exact) mass is 444 g/mol. The van der Waals surface area contributed by atoms with Crippen molar-refractivity contribution in [1.82, 2.24) is 0 Å². The molecule has 172 valence electrons. The van der Waals surface area contributed by atoms with Crippen molar-refractivity contribution in [3.63, 3.8) is 0 Å². The van der Waals surface area contributed by atoms with Crippen LogP contribution in [0, 0.1) is 6.92 Å². The number of aliphatic hydroxyl groups excluding tert-OH is 1. The summed E-state index contributed by atoms with van der Waals surface area (Å²) in [6, 6.07) is 14.0. The Kier molecular flexibility index (Phi) is 6.39. The van der Waals surface area contributed by atoms with Gasteiger partial charge in [-0.2, -0.15) is 0 Å². The second-order valence-corrected chi connectivity index (χ2v) is 8.36. The molecule has 1 N–H and O–H groups in total. The molecule has 2 aliphatic heterocycles. The Morgan fingerprint density at radius 2 is 1.62 bits per heavy atom. The Morgan fingerprint density at radius 1 is 1.00 bits per heavy atom. The van der Waals surface area contributed by atoms with Gasteiger partial charge in [-0.05, 0) is 57.2 Å². The molecule has 2 fully saturated rings. The number of aryl methyl sites for hydroxylation is 1. The number of rotatable bonds is 6. The van der Waals surface area contributed by atoms with Crippen molar-refractivity contribution >= 4 is 5.97 Å². The molecule has 2 aromatic rings. The van der Waals surface area contributed by atoms with Gasteiger partial charge in [-0.25, -0.2) is 4.79 Å². The second kappa shape index (κ2) is 9.07. The van der Waals surface area contributed by atoms with E-state index in [2.05, 4.69) is 0 Å². The van der Waals surface area contributed by atoms with Crippen molar-refractivity contribution in [2.24, 2.45) is 0 Å². The third-order valence-corrected chi connectivity index (χ3v) is 5.43. The Labute approximate surface area is 186 Å². The summed E-state index contributed by atoms with van der Waals surface area (Å²) in [6.45, 7) is 5.38. The zero-order valence-corrected chi connectivity index (χ0v) is 18.5. The molecule has 0 amide bonds. The van der Waals surface area contributed by atoms with E-state index in [-0.39, 0.29) is 6.61 Å². The number of ether oxygens (including phenoxy) is 6. The molecule has 2 saturated heterocycles. The third-order valence-electron chi connectivity index (χ3n) is 5.43. The number of carbonyl (C=O) groups is 1. The van der Waals surface area contributed by atoms with Crippen LogP contribution in [-0.4, -0.2) is 61.3 Å². The fourth-order valence-corrected chi connectivity index (χ4v) is 3.80. The van der Waals surface area contributed by atoms with Gasteiger partial charge >= 0.3 is 5.97 Å². The molecule has 0 spiro atoms. The summed E-state index contributed by atoms with van der Waals surface area (Å²) in [4.78, 5) is 12.5. The minimum absolute atomic E-state index is 0.0808. The lowest BCUT2D eigenvalue weighted by atomic mass is 9.99. The van der Waals surface area contributed by atoms with Gasteiger partial charge in [0.25, 0.3) is 0 Å². The van der Waals surface area contributed by atoms with Crippen LogP contribution < -0.4 is 9.47 Å². The molecule has 2 heterocycles. The van der Waals surface area contributed by atoms with Gasteiger partial charge in [0.15, 0.2) is 5.79 Å². The molecule has 0 unspecified atom stereocenters.